The van der Waals surface area contributed by atoms with E-state index in [4.69, 9.17) is 4.42 Å². The highest BCUT2D eigenvalue weighted by Crippen LogP contribution is 2.25. The zero-order chi connectivity index (χ0) is 13.3. The van der Waals surface area contributed by atoms with Gasteiger partial charge in [-0.2, -0.15) is 0 Å². The summed E-state index contributed by atoms with van der Waals surface area (Å²) in [5.74, 6) is 0.428. The van der Waals surface area contributed by atoms with E-state index in [9.17, 15) is 13.6 Å². The molecular formula is C12H12NO4S-. The highest BCUT2D eigenvalue weighted by molar-refractivity contribution is 7.79. The number of aryl methyl sites for hydroxylation is 2. The van der Waals surface area contributed by atoms with E-state index >= 15 is 0 Å². The first-order valence-corrected chi connectivity index (χ1v) is 6.52. The van der Waals surface area contributed by atoms with Crippen molar-refractivity contribution in [1.29, 1.82) is 0 Å². The molecule has 0 aliphatic heterocycles. The Morgan fingerprint density at radius 3 is 2.72 bits per heavy atom. The summed E-state index contributed by atoms with van der Waals surface area (Å²) in [7, 11) is 0. The van der Waals surface area contributed by atoms with Crippen LogP contribution in [0.4, 0.5) is 0 Å². The molecular weight excluding hydrogens is 254 g/mol. The van der Waals surface area contributed by atoms with Crippen molar-refractivity contribution in [2.75, 3.05) is 0 Å². The largest absolute Gasteiger partial charge is 0.766 e. The summed E-state index contributed by atoms with van der Waals surface area (Å²) in [5, 5.41) is -0.117. The molecule has 6 heteroatoms. The van der Waals surface area contributed by atoms with E-state index in [2.05, 4.69) is 4.98 Å². The molecule has 0 amide bonds. The van der Waals surface area contributed by atoms with E-state index in [1.807, 2.05) is 6.92 Å². The number of rotatable bonds is 3. The minimum atomic E-state index is -2.39. The zero-order valence-corrected chi connectivity index (χ0v) is 10.8. The lowest BCUT2D eigenvalue weighted by molar-refractivity contribution is 0.443. The number of hydrogen-bond acceptors (Lipinski definition) is 4. The van der Waals surface area contributed by atoms with Gasteiger partial charge >= 0.3 is 0 Å². The van der Waals surface area contributed by atoms with E-state index in [0.29, 0.717) is 29.0 Å². The highest BCUT2D eigenvalue weighted by Gasteiger charge is 2.11. The highest BCUT2D eigenvalue weighted by atomic mass is 32.2. The lowest BCUT2D eigenvalue weighted by atomic mass is 10.1. The van der Waals surface area contributed by atoms with Gasteiger partial charge in [-0.15, -0.1) is 0 Å². The molecule has 96 valence electrons. The fraction of sp³-hybridized carbons (Fsp3) is 0.250. The number of hydrogen-bond donors (Lipinski definition) is 1. The molecule has 2 heterocycles. The van der Waals surface area contributed by atoms with Gasteiger partial charge < -0.3 is 14.0 Å². The summed E-state index contributed by atoms with van der Waals surface area (Å²) in [5.41, 5.74) is 1.85. The second-order valence-corrected chi connectivity index (χ2v) is 4.74. The van der Waals surface area contributed by atoms with Crippen LogP contribution < -0.4 is 5.56 Å². The van der Waals surface area contributed by atoms with E-state index in [1.165, 1.54) is 6.07 Å². The molecule has 0 fully saturated rings. The molecule has 5 nitrogen and oxygen atoms in total. The third kappa shape index (κ3) is 2.30. The molecule has 0 radical (unpaired) electrons. The molecule has 0 spiro atoms. The van der Waals surface area contributed by atoms with E-state index in [0.717, 1.165) is 0 Å². The number of aromatic amines is 1. The molecule has 18 heavy (non-hydrogen) atoms. The van der Waals surface area contributed by atoms with E-state index < -0.39 is 11.1 Å². The van der Waals surface area contributed by atoms with Crippen molar-refractivity contribution < 1.29 is 13.2 Å². The van der Waals surface area contributed by atoms with Crippen molar-refractivity contribution in [3.05, 3.63) is 39.8 Å². The van der Waals surface area contributed by atoms with Crippen LogP contribution >= 0.6 is 0 Å². The van der Waals surface area contributed by atoms with Gasteiger partial charge in [0.25, 0.3) is 5.56 Å². The van der Waals surface area contributed by atoms with Crippen LogP contribution in [0.2, 0.25) is 0 Å². The van der Waals surface area contributed by atoms with Gasteiger partial charge in [0, 0.05) is 27.9 Å². The lowest BCUT2D eigenvalue weighted by Gasteiger charge is -2.05. The molecule has 1 unspecified atom stereocenters. The summed E-state index contributed by atoms with van der Waals surface area (Å²) < 4.78 is 26.7. The average molecular weight is 266 g/mol. The van der Waals surface area contributed by atoms with Gasteiger partial charge in [0.1, 0.15) is 5.76 Å². The van der Waals surface area contributed by atoms with Crippen LogP contribution in [-0.2, 0) is 17.5 Å². The van der Waals surface area contributed by atoms with E-state index in [1.54, 1.807) is 19.1 Å². The molecule has 0 aliphatic rings. The summed E-state index contributed by atoms with van der Waals surface area (Å²) in [4.78, 5) is 14.3. The fourth-order valence-electron chi connectivity index (χ4n) is 1.74. The van der Waals surface area contributed by atoms with E-state index in [-0.39, 0.29) is 10.7 Å². The molecule has 2 rings (SSSR count). The molecule has 1 atom stereocenters. The first kappa shape index (κ1) is 12.8. The number of furan rings is 1. The predicted molar refractivity (Wildman–Crippen MR) is 66.1 cm³/mol. The maximum Gasteiger partial charge on any atom is 0.251 e. The minimum absolute atomic E-state index is 0.117. The van der Waals surface area contributed by atoms with Crippen LogP contribution in [0.5, 0.6) is 0 Å². The Bertz CT molecular complexity index is 656. The molecule has 0 saturated heterocycles. The van der Waals surface area contributed by atoms with Crippen molar-refractivity contribution in [1.82, 2.24) is 4.98 Å². The van der Waals surface area contributed by atoms with Crippen LogP contribution in [0, 0.1) is 6.92 Å². The van der Waals surface area contributed by atoms with Crippen molar-refractivity contribution in [3.63, 3.8) is 0 Å². The van der Waals surface area contributed by atoms with Crippen LogP contribution in [-0.4, -0.2) is 13.7 Å². The Morgan fingerprint density at radius 2 is 2.17 bits per heavy atom. The zero-order valence-electron chi connectivity index (χ0n) is 9.98. The summed E-state index contributed by atoms with van der Waals surface area (Å²) >= 11 is -2.39. The first-order chi connectivity index (χ1) is 8.52. The Morgan fingerprint density at radius 1 is 1.44 bits per heavy atom. The topological polar surface area (TPSA) is 86.1 Å². The Hall–Kier alpha value is -1.66. The van der Waals surface area contributed by atoms with Crippen LogP contribution in [0.25, 0.3) is 11.3 Å². The van der Waals surface area contributed by atoms with Gasteiger partial charge in [-0.1, -0.05) is 6.92 Å². The maximum absolute atomic E-state index is 11.6. The molecule has 0 bridgehead atoms. The third-order valence-corrected chi connectivity index (χ3v) is 3.26. The van der Waals surface area contributed by atoms with Crippen molar-refractivity contribution in [2.45, 2.75) is 25.4 Å². The van der Waals surface area contributed by atoms with Crippen molar-refractivity contribution >= 4 is 11.1 Å². The van der Waals surface area contributed by atoms with Gasteiger partial charge in [0.05, 0.1) is 0 Å². The average Bonchev–Trinajstić information content (AvgIpc) is 2.78. The Kier molecular flexibility index (Phi) is 3.49. The van der Waals surface area contributed by atoms with Crippen molar-refractivity contribution in [2.24, 2.45) is 0 Å². The molecule has 0 aromatic carbocycles. The number of pyridine rings is 1. The van der Waals surface area contributed by atoms with Gasteiger partial charge in [-0.05, 0) is 31.5 Å². The first-order valence-electron chi connectivity index (χ1n) is 5.45. The Balaban J connectivity index is 2.55. The van der Waals surface area contributed by atoms with Crippen LogP contribution in [0.1, 0.15) is 18.2 Å². The van der Waals surface area contributed by atoms with Gasteiger partial charge in [0.15, 0.2) is 5.09 Å². The normalized spacial score (nSPS) is 12.6. The summed E-state index contributed by atoms with van der Waals surface area (Å²) in [6.45, 7) is 3.62. The van der Waals surface area contributed by atoms with Gasteiger partial charge in [0.2, 0.25) is 0 Å². The molecule has 2 aromatic rings. The minimum Gasteiger partial charge on any atom is -0.766 e. The molecule has 0 aliphatic carbocycles. The monoisotopic (exact) mass is 266 g/mol. The SMILES string of the molecule is CCc1cc(-c2ccc(S(=O)[O-])o2)c(C)[nH]c1=O. The second-order valence-electron chi connectivity index (χ2n) is 3.87. The maximum atomic E-state index is 11.6. The number of aromatic nitrogens is 1. The van der Waals surface area contributed by atoms with Crippen LogP contribution in [0.15, 0.2) is 32.5 Å². The molecule has 0 saturated carbocycles. The smallest absolute Gasteiger partial charge is 0.251 e. The third-order valence-electron chi connectivity index (χ3n) is 2.71. The quantitative estimate of drug-likeness (QED) is 0.857. The number of nitrogens with one attached hydrogen (secondary N) is 1. The fourth-order valence-corrected chi connectivity index (χ4v) is 2.08. The number of H-pyrrole nitrogens is 1. The predicted octanol–water partition coefficient (Wildman–Crippen LogP) is 1.74. The van der Waals surface area contributed by atoms with Crippen LogP contribution in [0.3, 0.4) is 0 Å². The summed E-state index contributed by atoms with van der Waals surface area (Å²) in [6, 6.07) is 4.68. The molecule has 2 aromatic heterocycles. The second kappa shape index (κ2) is 4.91. The summed E-state index contributed by atoms with van der Waals surface area (Å²) in [6.07, 6.45) is 0.601. The van der Waals surface area contributed by atoms with Gasteiger partial charge in [-0.25, -0.2) is 0 Å². The lowest BCUT2D eigenvalue weighted by Crippen LogP contribution is -2.13. The Labute approximate surface area is 106 Å². The standard InChI is InChI=1S/C12H13NO4S/c1-3-8-6-9(7(2)13-12(8)14)10-4-5-11(17-10)18(15)16/h4-6H,3H2,1-2H3,(H,13,14)(H,15,16)/p-1. The van der Waals surface area contributed by atoms with Gasteiger partial charge in [-0.3, -0.25) is 9.00 Å². The van der Waals surface area contributed by atoms with Crippen molar-refractivity contribution in [3.8, 4) is 11.3 Å². The molecule has 1 N–H and O–H groups in total.